The minimum absolute atomic E-state index is 0.212. The first kappa shape index (κ1) is 21.5. The van der Waals surface area contributed by atoms with Gasteiger partial charge in [0.25, 0.3) is 17.4 Å². The van der Waals surface area contributed by atoms with E-state index in [4.69, 9.17) is 0 Å². The van der Waals surface area contributed by atoms with Gasteiger partial charge in [0.1, 0.15) is 11.1 Å². The summed E-state index contributed by atoms with van der Waals surface area (Å²) in [5, 5.41) is 12.8. The van der Waals surface area contributed by atoms with Gasteiger partial charge >= 0.3 is 11.7 Å². The number of aromatic nitrogens is 2. The highest BCUT2D eigenvalue weighted by Gasteiger charge is 2.37. The summed E-state index contributed by atoms with van der Waals surface area (Å²) in [5.74, 6) is -2.79. The minimum atomic E-state index is -1.04. The average molecular weight is 446 g/mol. The number of barbiturate groups is 1. The molecule has 1 saturated heterocycles. The van der Waals surface area contributed by atoms with E-state index in [0.717, 1.165) is 26.7 Å². The standard InChI is InChI=1S/C23H18N4O6/c1-12-3-7-14(8-4-12)26-20(30)16(18(28)24-22(26)32)11-17-19(29)25-23(33)27(21(17)31)15-9-5-13(2)6-10-15/h3-11,30H,1-2H3,(H,24,28,32)(H,25,29,33). The Morgan fingerprint density at radius 1 is 0.818 bits per heavy atom. The maximum Gasteiger partial charge on any atom is 0.335 e. The Morgan fingerprint density at radius 2 is 1.36 bits per heavy atom. The summed E-state index contributed by atoms with van der Waals surface area (Å²) in [6.45, 7) is 3.66. The smallest absolute Gasteiger partial charge is 0.335 e. The van der Waals surface area contributed by atoms with Crippen molar-refractivity contribution in [2.24, 2.45) is 0 Å². The molecule has 10 heteroatoms. The quantitative estimate of drug-likeness (QED) is 0.411. The zero-order valence-electron chi connectivity index (χ0n) is 17.6. The summed E-state index contributed by atoms with van der Waals surface area (Å²) in [4.78, 5) is 65.4. The number of H-pyrrole nitrogens is 1. The predicted molar refractivity (Wildman–Crippen MR) is 119 cm³/mol. The number of anilines is 1. The molecule has 0 spiro atoms. The molecule has 3 aromatic rings. The molecule has 0 saturated carbocycles. The normalized spacial score (nSPS) is 15.2. The zero-order valence-corrected chi connectivity index (χ0v) is 17.6. The van der Waals surface area contributed by atoms with Crippen LogP contribution in [0, 0.1) is 13.8 Å². The van der Waals surface area contributed by atoms with Crippen molar-refractivity contribution in [2.45, 2.75) is 13.8 Å². The molecule has 3 N–H and O–H groups in total. The molecule has 4 rings (SSSR count). The maximum absolute atomic E-state index is 13.0. The molecule has 1 aromatic heterocycles. The molecule has 0 aliphatic carbocycles. The van der Waals surface area contributed by atoms with Gasteiger partial charge in [0.2, 0.25) is 5.88 Å². The average Bonchev–Trinajstić information content (AvgIpc) is 2.75. The second-order valence-corrected chi connectivity index (χ2v) is 7.46. The van der Waals surface area contributed by atoms with Crippen LogP contribution in [0.3, 0.4) is 0 Å². The van der Waals surface area contributed by atoms with Crippen LogP contribution in [0.4, 0.5) is 10.5 Å². The Balaban J connectivity index is 1.85. The molecular weight excluding hydrogens is 428 g/mol. The van der Waals surface area contributed by atoms with Gasteiger partial charge in [0, 0.05) is 0 Å². The largest absolute Gasteiger partial charge is 0.494 e. The minimum Gasteiger partial charge on any atom is -0.494 e. The number of aromatic hydroxyl groups is 1. The number of nitrogens with zero attached hydrogens (tertiary/aromatic N) is 2. The number of hydrogen-bond donors (Lipinski definition) is 3. The van der Waals surface area contributed by atoms with Gasteiger partial charge in [0.15, 0.2) is 0 Å². The van der Waals surface area contributed by atoms with Crippen LogP contribution in [-0.4, -0.2) is 32.5 Å². The molecule has 2 aromatic carbocycles. The Bertz CT molecular complexity index is 1450. The molecule has 0 unspecified atom stereocenters. The molecule has 0 radical (unpaired) electrons. The number of benzene rings is 2. The number of amides is 4. The molecule has 2 heterocycles. The van der Waals surface area contributed by atoms with Crippen LogP contribution in [0.1, 0.15) is 16.7 Å². The fourth-order valence-electron chi connectivity index (χ4n) is 3.33. The van der Waals surface area contributed by atoms with E-state index >= 15 is 0 Å². The number of hydrogen-bond acceptors (Lipinski definition) is 6. The lowest BCUT2D eigenvalue weighted by molar-refractivity contribution is -0.122. The molecule has 1 aliphatic rings. The number of imide groups is 2. The fraction of sp³-hybridized carbons (Fsp3) is 0.0870. The first-order valence-corrected chi connectivity index (χ1v) is 9.81. The van der Waals surface area contributed by atoms with Crippen molar-refractivity contribution in [3.63, 3.8) is 0 Å². The van der Waals surface area contributed by atoms with Gasteiger partial charge < -0.3 is 5.11 Å². The van der Waals surface area contributed by atoms with E-state index < -0.39 is 46.1 Å². The number of urea groups is 1. The summed E-state index contributed by atoms with van der Waals surface area (Å²) >= 11 is 0. The van der Waals surface area contributed by atoms with Crippen molar-refractivity contribution in [3.05, 3.63) is 91.6 Å². The van der Waals surface area contributed by atoms with Crippen molar-refractivity contribution in [2.75, 3.05) is 4.90 Å². The fourth-order valence-corrected chi connectivity index (χ4v) is 3.33. The van der Waals surface area contributed by atoms with E-state index in [1.165, 1.54) is 12.1 Å². The first-order valence-electron chi connectivity index (χ1n) is 9.81. The second-order valence-electron chi connectivity index (χ2n) is 7.46. The third-order valence-corrected chi connectivity index (χ3v) is 5.10. The summed E-state index contributed by atoms with van der Waals surface area (Å²) in [5.41, 5.74) is -0.697. The zero-order chi connectivity index (χ0) is 23.9. The summed E-state index contributed by atoms with van der Waals surface area (Å²) in [6.07, 6.45) is 0.851. The topological polar surface area (TPSA) is 142 Å². The maximum atomic E-state index is 13.0. The van der Waals surface area contributed by atoms with Gasteiger partial charge in [-0.3, -0.25) is 24.7 Å². The van der Waals surface area contributed by atoms with Crippen LogP contribution in [0.2, 0.25) is 0 Å². The highest BCUT2D eigenvalue weighted by molar-refractivity contribution is 6.39. The lowest BCUT2D eigenvalue weighted by Gasteiger charge is -2.26. The van der Waals surface area contributed by atoms with Crippen molar-refractivity contribution in [3.8, 4) is 11.6 Å². The highest BCUT2D eigenvalue weighted by Crippen LogP contribution is 2.24. The predicted octanol–water partition coefficient (Wildman–Crippen LogP) is 1.51. The molecule has 4 amide bonds. The van der Waals surface area contributed by atoms with Crippen molar-refractivity contribution in [1.29, 1.82) is 0 Å². The van der Waals surface area contributed by atoms with E-state index in [0.29, 0.717) is 0 Å². The molecular formula is C23H18N4O6. The third-order valence-electron chi connectivity index (χ3n) is 5.10. The van der Waals surface area contributed by atoms with Gasteiger partial charge in [-0.25, -0.2) is 19.1 Å². The van der Waals surface area contributed by atoms with E-state index in [2.05, 4.69) is 4.98 Å². The van der Waals surface area contributed by atoms with Crippen molar-refractivity contribution < 1.29 is 19.5 Å². The Hall–Kier alpha value is -4.73. The van der Waals surface area contributed by atoms with E-state index in [1.807, 2.05) is 19.2 Å². The number of aryl methyl sites for hydroxylation is 2. The lowest BCUT2D eigenvalue weighted by atomic mass is 10.1. The summed E-state index contributed by atoms with van der Waals surface area (Å²) in [6, 6.07) is 12.0. The van der Waals surface area contributed by atoms with Crippen molar-refractivity contribution >= 4 is 29.6 Å². The van der Waals surface area contributed by atoms with Gasteiger partial charge in [-0.15, -0.1) is 0 Å². The van der Waals surface area contributed by atoms with Crippen LogP contribution in [0.5, 0.6) is 5.88 Å². The van der Waals surface area contributed by atoms with E-state index in [1.54, 1.807) is 36.4 Å². The van der Waals surface area contributed by atoms with E-state index in [-0.39, 0.29) is 11.4 Å². The molecule has 1 aliphatic heterocycles. The molecule has 33 heavy (non-hydrogen) atoms. The number of carbonyl (C=O) groups is 3. The second kappa shape index (κ2) is 8.08. The van der Waals surface area contributed by atoms with Crippen LogP contribution in [0.25, 0.3) is 11.8 Å². The van der Waals surface area contributed by atoms with Crippen molar-refractivity contribution in [1.82, 2.24) is 14.9 Å². The molecule has 0 bridgehead atoms. The lowest BCUT2D eigenvalue weighted by Crippen LogP contribution is -2.54. The first-order chi connectivity index (χ1) is 15.7. The Labute approximate surface area is 186 Å². The monoisotopic (exact) mass is 446 g/mol. The van der Waals surface area contributed by atoms with E-state index in [9.17, 15) is 29.1 Å². The highest BCUT2D eigenvalue weighted by atomic mass is 16.3. The van der Waals surface area contributed by atoms with Crippen LogP contribution >= 0.6 is 0 Å². The van der Waals surface area contributed by atoms with Gasteiger partial charge in [-0.1, -0.05) is 35.4 Å². The Morgan fingerprint density at radius 3 is 1.94 bits per heavy atom. The molecule has 166 valence electrons. The van der Waals surface area contributed by atoms with Crippen LogP contribution < -0.4 is 21.5 Å². The molecule has 1 fully saturated rings. The van der Waals surface area contributed by atoms with Gasteiger partial charge in [-0.2, -0.15) is 0 Å². The summed E-state index contributed by atoms with van der Waals surface area (Å²) < 4.78 is 0.835. The molecule has 10 nitrogen and oxygen atoms in total. The number of carbonyl (C=O) groups excluding carboxylic acids is 3. The summed E-state index contributed by atoms with van der Waals surface area (Å²) in [7, 11) is 0. The third kappa shape index (κ3) is 3.85. The van der Waals surface area contributed by atoms with Gasteiger partial charge in [0.05, 0.1) is 11.4 Å². The van der Waals surface area contributed by atoms with Crippen LogP contribution in [-0.2, 0) is 9.59 Å². The number of aromatic amines is 1. The Kier molecular flexibility index (Phi) is 5.26. The van der Waals surface area contributed by atoms with Crippen LogP contribution in [0.15, 0.2) is 63.7 Å². The SMILES string of the molecule is Cc1ccc(N2C(=O)NC(=O)C(=Cc3c(O)n(-c4ccc(C)cc4)c(=O)[nH]c3=O)C2=O)cc1. The molecule has 0 atom stereocenters. The number of nitrogens with one attached hydrogen (secondary N) is 2. The van der Waals surface area contributed by atoms with Gasteiger partial charge in [-0.05, 0) is 44.2 Å². The number of rotatable bonds is 3.